The zero-order valence-corrected chi connectivity index (χ0v) is 24.9. The summed E-state index contributed by atoms with van der Waals surface area (Å²) >= 11 is 0. The molecule has 3 aromatic rings. The van der Waals surface area contributed by atoms with Gasteiger partial charge in [-0.15, -0.1) is 0 Å². The van der Waals surface area contributed by atoms with E-state index in [1.807, 2.05) is 68.5 Å². The maximum atomic E-state index is 5.14. The number of nitrogens with zero attached hydrogens (tertiary/aromatic N) is 3. The topological polar surface area (TPSA) is 37.6 Å². The number of hydrogen-bond acceptors (Lipinski definition) is 3. The van der Waals surface area contributed by atoms with E-state index in [0.29, 0.717) is 11.8 Å². The Morgan fingerprint density at radius 2 is 1.38 bits per heavy atom. The van der Waals surface area contributed by atoms with Crippen LogP contribution in [0.5, 0.6) is 0 Å². The molecule has 197 valence electrons. The SMILES string of the molecule is C=Cc1cccc(N=C(C)c2cccc(C(C)=Nc3c(C(C)C)ccc(C=C)c3C(C)C)n2)c1.[Cl-].[Cl-].[Co+2]. The molecule has 0 spiro atoms. The first kappa shape index (κ1) is 34.5. The summed E-state index contributed by atoms with van der Waals surface area (Å²) in [5, 5.41) is 0. The van der Waals surface area contributed by atoms with Gasteiger partial charge in [0, 0.05) is 0 Å². The van der Waals surface area contributed by atoms with Gasteiger partial charge in [-0.3, -0.25) is 9.98 Å². The van der Waals surface area contributed by atoms with Crippen LogP contribution < -0.4 is 24.8 Å². The number of aliphatic imine (C=N–C) groups is 2. The van der Waals surface area contributed by atoms with E-state index in [1.165, 1.54) is 11.1 Å². The van der Waals surface area contributed by atoms with Gasteiger partial charge in [0.25, 0.3) is 0 Å². The van der Waals surface area contributed by atoms with Gasteiger partial charge in [-0.2, -0.15) is 0 Å². The molecule has 0 N–H and O–H groups in total. The number of hydrogen-bond donors (Lipinski definition) is 0. The van der Waals surface area contributed by atoms with Crippen molar-refractivity contribution in [2.75, 3.05) is 0 Å². The molecular weight excluding hydrogens is 544 g/mol. The van der Waals surface area contributed by atoms with Crippen LogP contribution >= 0.6 is 0 Å². The number of rotatable bonds is 8. The molecule has 0 atom stereocenters. The van der Waals surface area contributed by atoms with Crippen molar-refractivity contribution in [2.24, 2.45) is 9.98 Å². The van der Waals surface area contributed by atoms with Gasteiger partial charge in [-0.1, -0.05) is 83.3 Å². The second-order valence-electron chi connectivity index (χ2n) is 9.12. The van der Waals surface area contributed by atoms with Crippen LogP contribution in [-0.4, -0.2) is 16.4 Å². The fourth-order valence-electron chi connectivity index (χ4n) is 4.05. The van der Waals surface area contributed by atoms with Crippen LogP contribution in [0.1, 0.15) is 87.0 Å². The molecule has 0 aliphatic carbocycles. The minimum atomic E-state index is 0. The molecule has 1 heterocycles. The van der Waals surface area contributed by atoms with Gasteiger partial charge in [0.2, 0.25) is 0 Å². The van der Waals surface area contributed by atoms with Crippen molar-refractivity contribution in [3.05, 3.63) is 101 Å². The molecule has 1 aromatic heterocycles. The fourth-order valence-corrected chi connectivity index (χ4v) is 4.05. The van der Waals surface area contributed by atoms with Crippen molar-refractivity contribution in [1.82, 2.24) is 4.98 Å². The minimum Gasteiger partial charge on any atom is -1.00 e. The quantitative estimate of drug-likeness (QED) is 0.379. The van der Waals surface area contributed by atoms with E-state index in [1.54, 1.807) is 0 Å². The number of halogens is 2. The van der Waals surface area contributed by atoms with Gasteiger partial charge in [0.05, 0.1) is 34.2 Å². The second-order valence-corrected chi connectivity index (χ2v) is 9.12. The van der Waals surface area contributed by atoms with E-state index in [-0.39, 0.29) is 41.6 Å². The Bertz CT molecular complexity index is 1280. The van der Waals surface area contributed by atoms with E-state index in [0.717, 1.165) is 45.3 Å². The molecule has 0 aliphatic rings. The summed E-state index contributed by atoms with van der Waals surface area (Å²) in [7, 11) is 0. The first-order valence-corrected chi connectivity index (χ1v) is 11.8. The Labute approximate surface area is 245 Å². The van der Waals surface area contributed by atoms with Gasteiger partial charge < -0.3 is 24.8 Å². The average Bonchev–Trinajstić information content (AvgIpc) is 2.83. The molecule has 0 saturated carbocycles. The molecule has 0 unspecified atom stereocenters. The molecule has 2 aromatic carbocycles. The third kappa shape index (κ3) is 8.51. The first-order valence-electron chi connectivity index (χ1n) is 11.8. The zero-order chi connectivity index (χ0) is 24.8. The van der Waals surface area contributed by atoms with Crippen molar-refractivity contribution >= 4 is 35.0 Å². The second kappa shape index (κ2) is 15.7. The van der Waals surface area contributed by atoms with Crippen LogP contribution in [0.15, 0.2) is 77.7 Å². The molecule has 3 rings (SSSR count). The number of benzene rings is 2. The molecule has 0 saturated heterocycles. The summed E-state index contributed by atoms with van der Waals surface area (Å²) in [6.07, 6.45) is 3.75. The Balaban J connectivity index is 0.00000432. The monoisotopic (exact) mass is 578 g/mol. The van der Waals surface area contributed by atoms with Crippen molar-refractivity contribution in [1.29, 1.82) is 0 Å². The van der Waals surface area contributed by atoms with E-state index in [9.17, 15) is 0 Å². The minimum absolute atomic E-state index is 0. The average molecular weight is 579 g/mol. The van der Waals surface area contributed by atoms with Crippen molar-refractivity contribution in [3.8, 4) is 0 Å². The summed E-state index contributed by atoms with van der Waals surface area (Å²) in [6, 6.07) is 18.4. The van der Waals surface area contributed by atoms with E-state index in [4.69, 9.17) is 15.0 Å². The summed E-state index contributed by atoms with van der Waals surface area (Å²) in [5.74, 6) is 0.696. The molecule has 1 radical (unpaired) electrons. The van der Waals surface area contributed by atoms with E-state index >= 15 is 0 Å². The van der Waals surface area contributed by atoms with Crippen molar-refractivity contribution in [2.45, 2.75) is 53.4 Å². The van der Waals surface area contributed by atoms with Crippen molar-refractivity contribution in [3.63, 3.8) is 0 Å². The molecule has 0 amide bonds. The van der Waals surface area contributed by atoms with Gasteiger partial charge >= 0.3 is 16.8 Å². The van der Waals surface area contributed by atoms with Crippen LogP contribution in [0.3, 0.4) is 0 Å². The maximum Gasteiger partial charge on any atom is 2.00 e. The molecular formula is C31H35Cl2CoN3. The predicted molar refractivity (Wildman–Crippen MR) is 149 cm³/mol. The van der Waals surface area contributed by atoms with Gasteiger partial charge in [0.15, 0.2) is 0 Å². The molecule has 6 heteroatoms. The maximum absolute atomic E-state index is 5.14. The molecule has 37 heavy (non-hydrogen) atoms. The molecule has 0 bridgehead atoms. The van der Waals surface area contributed by atoms with Gasteiger partial charge in [0.1, 0.15) is 0 Å². The van der Waals surface area contributed by atoms with Gasteiger partial charge in [-0.25, -0.2) is 4.98 Å². The van der Waals surface area contributed by atoms with Crippen LogP contribution in [-0.2, 0) is 16.8 Å². The summed E-state index contributed by atoms with van der Waals surface area (Å²) < 4.78 is 0. The Hall–Kier alpha value is -2.50. The van der Waals surface area contributed by atoms with E-state index in [2.05, 4.69) is 53.0 Å². The largest absolute Gasteiger partial charge is 2.00 e. The van der Waals surface area contributed by atoms with Gasteiger partial charge in [-0.05, 0) is 72.2 Å². The first-order chi connectivity index (χ1) is 16.2. The summed E-state index contributed by atoms with van der Waals surface area (Å²) in [6.45, 7) is 20.7. The van der Waals surface area contributed by atoms with Crippen LogP contribution in [0.25, 0.3) is 12.2 Å². The predicted octanol–water partition coefficient (Wildman–Crippen LogP) is 2.90. The third-order valence-electron chi connectivity index (χ3n) is 5.87. The standard InChI is InChI=1S/C31H35N3.2ClH.Co/c1-9-24-13-11-14-26(19-24)32-22(7)28-15-12-16-29(34-28)23(8)33-31-27(20(3)4)18-17-25(10-2)30(31)21(5)6;;;/h9-21H,1-2H2,3-8H3;2*1H;/q;;;+2/p-2. The van der Waals surface area contributed by atoms with E-state index < -0.39 is 0 Å². The Morgan fingerprint density at radius 3 is 1.92 bits per heavy atom. The Kier molecular flexibility index (Phi) is 14.6. The van der Waals surface area contributed by atoms with Crippen LogP contribution in [0.4, 0.5) is 11.4 Å². The fraction of sp³-hybridized carbons (Fsp3) is 0.258. The molecule has 3 nitrogen and oxygen atoms in total. The number of aromatic nitrogens is 1. The molecule has 0 fully saturated rings. The summed E-state index contributed by atoms with van der Waals surface area (Å²) in [5.41, 5.74) is 10.0. The molecule has 0 aliphatic heterocycles. The van der Waals surface area contributed by atoms with Crippen LogP contribution in [0.2, 0.25) is 0 Å². The third-order valence-corrected chi connectivity index (χ3v) is 5.87. The zero-order valence-electron chi connectivity index (χ0n) is 22.4. The van der Waals surface area contributed by atoms with Crippen LogP contribution in [0, 0.1) is 0 Å². The smallest absolute Gasteiger partial charge is 1.00 e. The normalized spacial score (nSPS) is 11.4. The van der Waals surface area contributed by atoms with Crippen molar-refractivity contribution < 1.29 is 41.6 Å². The summed E-state index contributed by atoms with van der Waals surface area (Å²) in [4.78, 5) is 14.8. The number of pyridine rings is 1. The Morgan fingerprint density at radius 1 is 0.784 bits per heavy atom.